The average Bonchev–Trinajstić information content (AvgIpc) is 2.62. The van der Waals surface area contributed by atoms with Crippen LogP contribution >= 0.6 is 22.9 Å². The van der Waals surface area contributed by atoms with Gasteiger partial charge in [0.05, 0.1) is 11.4 Å². The van der Waals surface area contributed by atoms with Crippen LogP contribution in [0.15, 0.2) is 12.1 Å². The Morgan fingerprint density at radius 1 is 1.56 bits per heavy atom. The van der Waals surface area contributed by atoms with Gasteiger partial charge >= 0.3 is 5.97 Å². The van der Waals surface area contributed by atoms with E-state index in [2.05, 4.69) is 5.32 Å². The van der Waals surface area contributed by atoms with E-state index < -0.39 is 5.54 Å². The van der Waals surface area contributed by atoms with Crippen molar-refractivity contribution >= 4 is 28.9 Å². The van der Waals surface area contributed by atoms with Crippen LogP contribution in [0.5, 0.6) is 0 Å². The third kappa shape index (κ3) is 3.77. The van der Waals surface area contributed by atoms with Gasteiger partial charge in [-0.1, -0.05) is 11.6 Å². The third-order valence-electron chi connectivity index (χ3n) is 2.26. The van der Waals surface area contributed by atoms with Gasteiger partial charge in [-0.15, -0.1) is 11.3 Å². The Balaban J connectivity index is 2.38. The first-order chi connectivity index (χ1) is 7.45. The van der Waals surface area contributed by atoms with Crippen molar-refractivity contribution in [1.29, 1.82) is 0 Å². The molecule has 90 valence electrons. The van der Waals surface area contributed by atoms with Crippen LogP contribution in [0.2, 0.25) is 4.34 Å². The summed E-state index contributed by atoms with van der Waals surface area (Å²) in [5, 5.41) is 3.16. The standard InChI is InChI=1S/C11H16ClNO2S/c1-11(2,10(14)15-3)13-7-6-8-4-5-9(12)16-8/h4-5,13H,6-7H2,1-3H3. The summed E-state index contributed by atoms with van der Waals surface area (Å²) < 4.78 is 5.50. The molecule has 0 spiro atoms. The van der Waals surface area contributed by atoms with Crippen molar-refractivity contribution in [3.8, 4) is 0 Å². The highest BCUT2D eigenvalue weighted by atomic mass is 35.5. The lowest BCUT2D eigenvalue weighted by molar-refractivity contribution is -0.147. The van der Waals surface area contributed by atoms with Crippen molar-refractivity contribution < 1.29 is 9.53 Å². The maximum atomic E-state index is 11.4. The van der Waals surface area contributed by atoms with E-state index in [-0.39, 0.29) is 5.97 Å². The number of esters is 1. The second-order valence-electron chi connectivity index (χ2n) is 4.00. The summed E-state index contributed by atoms with van der Waals surface area (Å²) in [7, 11) is 1.39. The lowest BCUT2D eigenvalue weighted by Gasteiger charge is -2.22. The van der Waals surface area contributed by atoms with Gasteiger partial charge < -0.3 is 10.1 Å². The highest BCUT2D eigenvalue weighted by Crippen LogP contribution is 2.21. The van der Waals surface area contributed by atoms with Crippen molar-refractivity contribution in [2.24, 2.45) is 0 Å². The quantitative estimate of drug-likeness (QED) is 0.828. The fourth-order valence-corrected chi connectivity index (χ4v) is 2.40. The van der Waals surface area contributed by atoms with Crippen LogP contribution in [0.1, 0.15) is 18.7 Å². The highest BCUT2D eigenvalue weighted by Gasteiger charge is 2.27. The monoisotopic (exact) mass is 261 g/mol. The van der Waals surface area contributed by atoms with Gasteiger partial charge in [0, 0.05) is 11.4 Å². The van der Waals surface area contributed by atoms with Gasteiger partial charge in [0.15, 0.2) is 0 Å². The molecule has 5 heteroatoms. The molecule has 0 aliphatic carbocycles. The van der Waals surface area contributed by atoms with Crippen molar-refractivity contribution in [3.05, 3.63) is 21.3 Å². The molecule has 1 aromatic rings. The number of carbonyl (C=O) groups is 1. The van der Waals surface area contributed by atoms with E-state index in [0.29, 0.717) is 0 Å². The van der Waals surface area contributed by atoms with Crippen LogP contribution in [0.4, 0.5) is 0 Å². The number of ether oxygens (including phenoxy) is 1. The second-order valence-corrected chi connectivity index (χ2v) is 5.80. The van der Waals surface area contributed by atoms with Gasteiger partial charge in [-0.2, -0.15) is 0 Å². The maximum absolute atomic E-state index is 11.4. The summed E-state index contributed by atoms with van der Waals surface area (Å²) >= 11 is 7.39. The Hall–Kier alpha value is -0.580. The number of hydrogen-bond donors (Lipinski definition) is 1. The van der Waals surface area contributed by atoms with E-state index >= 15 is 0 Å². The molecule has 0 aliphatic heterocycles. The fraction of sp³-hybridized carbons (Fsp3) is 0.545. The second kappa shape index (κ2) is 5.66. The molecule has 0 fully saturated rings. The van der Waals surface area contributed by atoms with Gasteiger partial charge in [0.2, 0.25) is 0 Å². The minimum Gasteiger partial charge on any atom is -0.468 e. The van der Waals surface area contributed by atoms with E-state index in [4.69, 9.17) is 16.3 Å². The smallest absolute Gasteiger partial charge is 0.325 e. The minimum atomic E-state index is -0.643. The molecule has 3 nitrogen and oxygen atoms in total. The number of carbonyl (C=O) groups excluding carboxylic acids is 1. The Morgan fingerprint density at radius 2 is 2.25 bits per heavy atom. The first kappa shape index (κ1) is 13.5. The average molecular weight is 262 g/mol. The normalized spacial score (nSPS) is 11.5. The largest absolute Gasteiger partial charge is 0.468 e. The molecule has 0 bridgehead atoms. The Labute approximate surface area is 105 Å². The topological polar surface area (TPSA) is 38.3 Å². The van der Waals surface area contributed by atoms with E-state index in [1.54, 1.807) is 25.2 Å². The molecule has 1 aromatic heterocycles. The Morgan fingerprint density at radius 3 is 2.75 bits per heavy atom. The van der Waals surface area contributed by atoms with Crippen molar-refractivity contribution in [1.82, 2.24) is 5.32 Å². The van der Waals surface area contributed by atoms with E-state index in [1.807, 2.05) is 12.1 Å². The van der Waals surface area contributed by atoms with Gasteiger partial charge in [0.25, 0.3) is 0 Å². The Bertz CT molecular complexity index is 363. The molecular formula is C11H16ClNO2S. The van der Waals surface area contributed by atoms with Crippen LogP contribution in [0.25, 0.3) is 0 Å². The summed E-state index contributed by atoms with van der Waals surface area (Å²) in [5.41, 5.74) is -0.643. The van der Waals surface area contributed by atoms with Gasteiger partial charge in [0.1, 0.15) is 5.54 Å². The number of halogens is 1. The molecule has 0 radical (unpaired) electrons. The van der Waals surface area contributed by atoms with Crippen molar-refractivity contribution in [2.45, 2.75) is 25.8 Å². The summed E-state index contributed by atoms with van der Waals surface area (Å²) in [6.45, 7) is 4.33. The number of nitrogens with one attached hydrogen (secondary N) is 1. The van der Waals surface area contributed by atoms with Crippen molar-refractivity contribution in [3.63, 3.8) is 0 Å². The number of rotatable bonds is 5. The van der Waals surface area contributed by atoms with Crippen LogP contribution in [0.3, 0.4) is 0 Å². The third-order valence-corrected chi connectivity index (χ3v) is 3.55. The van der Waals surface area contributed by atoms with Crippen LogP contribution in [-0.4, -0.2) is 25.2 Å². The molecule has 1 N–H and O–H groups in total. The molecule has 0 aromatic carbocycles. The Kier molecular flexibility index (Phi) is 4.77. The predicted molar refractivity (Wildman–Crippen MR) is 67.1 cm³/mol. The maximum Gasteiger partial charge on any atom is 0.325 e. The summed E-state index contributed by atoms with van der Waals surface area (Å²) in [6, 6.07) is 3.88. The molecule has 16 heavy (non-hydrogen) atoms. The first-order valence-corrected chi connectivity index (χ1v) is 6.23. The molecule has 0 saturated heterocycles. The van der Waals surface area contributed by atoms with Crippen LogP contribution < -0.4 is 5.32 Å². The van der Waals surface area contributed by atoms with E-state index in [1.165, 1.54) is 12.0 Å². The van der Waals surface area contributed by atoms with Gasteiger partial charge in [-0.25, -0.2) is 0 Å². The predicted octanol–water partition coefficient (Wildman–Crippen LogP) is 2.49. The van der Waals surface area contributed by atoms with Gasteiger partial charge in [-0.3, -0.25) is 4.79 Å². The summed E-state index contributed by atoms with van der Waals surface area (Å²) in [5.74, 6) is -0.253. The zero-order chi connectivity index (χ0) is 12.2. The van der Waals surface area contributed by atoms with Crippen molar-refractivity contribution in [2.75, 3.05) is 13.7 Å². The molecular weight excluding hydrogens is 246 g/mol. The zero-order valence-corrected chi connectivity index (χ0v) is 11.2. The van der Waals surface area contributed by atoms with Gasteiger partial charge in [-0.05, 0) is 32.4 Å². The molecule has 1 heterocycles. The first-order valence-electron chi connectivity index (χ1n) is 5.03. The molecule has 0 saturated carbocycles. The minimum absolute atomic E-state index is 0.253. The number of methoxy groups -OCH3 is 1. The summed E-state index contributed by atoms with van der Waals surface area (Å²) in [4.78, 5) is 12.6. The molecule has 0 atom stereocenters. The number of thiophene rings is 1. The number of hydrogen-bond acceptors (Lipinski definition) is 4. The molecule has 0 aliphatic rings. The fourth-order valence-electron chi connectivity index (χ4n) is 1.31. The SMILES string of the molecule is COC(=O)C(C)(C)NCCc1ccc(Cl)s1. The van der Waals surface area contributed by atoms with E-state index in [0.717, 1.165) is 17.3 Å². The lowest BCUT2D eigenvalue weighted by atomic mass is 10.1. The van der Waals surface area contributed by atoms with Crippen LogP contribution in [-0.2, 0) is 16.0 Å². The zero-order valence-electron chi connectivity index (χ0n) is 9.67. The van der Waals surface area contributed by atoms with E-state index in [9.17, 15) is 4.79 Å². The molecule has 1 rings (SSSR count). The molecule has 0 amide bonds. The molecule has 0 unspecified atom stereocenters. The summed E-state index contributed by atoms with van der Waals surface area (Å²) in [6.07, 6.45) is 0.859. The lowest BCUT2D eigenvalue weighted by Crippen LogP contribution is -2.48. The van der Waals surface area contributed by atoms with Crippen LogP contribution in [0, 0.1) is 0 Å². The highest BCUT2D eigenvalue weighted by molar-refractivity contribution is 7.16.